The van der Waals surface area contributed by atoms with Gasteiger partial charge in [-0.05, 0) is 49.7 Å². The second-order valence-electron chi connectivity index (χ2n) is 7.58. The lowest BCUT2D eigenvalue weighted by molar-refractivity contribution is 0.0898. The van der Waals surface area contributed by atoms with E-state index in [0.717, 1.165) is 72.2 Å². The Labute approximate surface area is 132 Å². The Morgan fingerprint density at radius 3 is 2.61 bits per heavy atom. The van der Waals surface area contributed by atoms with E-state index in [1.54, 1.807) is 6.07 Å². The van der Waals surface area contributed by atoms with Crippen LogP contribution in [0, 0.1) is 0 Å². The third-order valence-corrected chi connectivity index (χ3v) is 6.50. The van der Waals surface area contributed by atoms with Gasteiger partial charge in [-0.3, -0.25) is 9.59 Å². The largest absolute Gasteiger partial charge is 0.357 e. The molecule has 2 aromatic rings. The number of pyridine rings is 1. The molecule has 2 spiro atoms. The van der Waals surface area contributed by atoms with Crippen LogP contribution in [0.3, 0.4) is 0 Å². The summed E-state index contributed by atoms with van der Waals surface area (Å²) in [6.45, 7) is 0. The number of H-pyrrole nitrogens is 2. The van der Waals surface area contributed by atoms with E-state index in [1.165, 1.54) is 0 Å². The maximum Gasteiger partial charge on any atom is 0.253 e. The monoisotopic (exact) mass is 307 g/mol. The van der Waals surface area contributed by atoms with Crippen LogP contribution in [0.25, 0.3) is 11.3 Å². The summed E-state index contributed by atoms with van der Waals surface area (Å²) in [4.78, 5) is 30.9. The molecule has 3 heterocycles. The predicted molar refractivity (Wildman–Crippen MR) is 84.6 cm³/mol. The molecule has 2 saturated carbocycles. The summed E-state index contributed by atoms with van der Waals surface area (Å²) in [5.74, 6) is 0.0841. The van der Waals surface area contributed by atoms with Crippen LogP contribution in [-0.2, 0) is 18.3 Å². The molecule has 0 atom stereocenters. The minimum atomic E-state index is -0.0894. The zero-order valence-electron chi connectivity index (χ0n) is 12.7. The zero-order valence-corrected chi connectivity index (χ0v) is 12.7. The number of nitrogens with one attached hydrogen (secondary N) is 3. The van der Waals surface area contributed by atoms with Crippen LogP contribution in [0.2, 0.25) is 0 Å². The van der Waals surface area contributed by atoms with Crippen molar-refractivity contribution in [1.29, 1.82) is 0 Å². The first-order valence-electron chi connectivity index (χ1n) is 8.43. The summed E-state index contributed by atoms with van der Waals surface area (Å²) in [6, 6.07) is 1.67. The average Bonchev–Trinajstić information content (AvgIpc) is 3.43. The number of aryl methyl sites for hydroxylation is 1. The highest BCUT2D eigenvalue weighted by Crippen LogP contribution is 2.67. The van der Waals surface area contributed by atoms with E-state index in [4.69, 9.17) is 0 Å². The molecule has 1 aliphatic heterocycles. The Balaban J connectivity index is 1.65. The Morgan fingerprint density at radius 2 is 1.87 bits per heavy atom. The third kappa shape index (κ3) is 1.27. The fraction of sp³-hybridized carbons (Fsp3) is 0.444. The van der Waals surface area contributed by atoms with Crippen molar-refractivity contribution in [3.63, 3.8) is 0 Å². The molecule has 116 valence electrons. The van der Waals surface area contributed by atoms with Gasteiger partial charge in [0.15, 0.2) is 0 Å². The molecule has 2 fully saturated rings. The van der Waals surface area contributed by atoms with E-state index in [1.807, 2.05) is 6.20 Å². The number of carbonyl (C=O) groups excluding carboxylic acids is 1. The van der Waals surface area contributed by atoms with Gasteiger partial charge in [-0.15, -0.1) is 0 Å². The molecule has 0 unspecified atom stereocenters. The highest BCUT2D eigenvalue weighted by molar-refractivity contribution is 6.02. The van der Waals surface area contributed by atoms with E-state index < -0.39 is 0 Å². The first kappa shape index (κ1) is 12.2. The highest BCUT2D eigenvalue weighted by Gasteiger charge is 2.70. The first-order valence-corrected chi connectivity index (χ1v) is 8.43. The van der Waals surface area contributed by atoms with Gasteiger partial charge in [-0.2, -0.15) is 0 Å². The van der Waals surface area contributed by atoms with Crippen molar-refractivity contribution in [2.24, 2.45) is 0 Å². The summed E-state index contributed by atoms with van der Waals surface area (Å²) in [7, 11) is 0. The Kier molecular flexibility index (Phi) is 1.82. The lowest BCUT2D eigenvalue weighted by atomic mass is 9.81. The van der Waals surface area contributed by atoms with E-state index >= 15 is 0 Å². The molecule has 6 rings (SSSR count). The standard InChI is InChI=1S/C18H17N3O2/c22-12-7-11-9(8-19-12)1-2-10-13-15(20-14(10)11)17(3-4-17)18(5-6-18)21-16(13)23/h7-8,20H,1-6H2,(H,19,22)(H,21,23). The molecule has 5 nitrogen and oxygen atoms in total. The second kappa shape index (κ2) is 3.45. The van der Waals surface area contributed by atoms with Gasteiger partial charge in [-0.25, -0.2) is 0 Å². The van der Waals surface area contributed by atoms with Crippen molar-refractivity contribution >= 4 is 5.91 Å². The molecule has 4 aliphatic rings. The molecular weight excluding hydrogens is 290 g/mol. The SMILES string of the molecule is O=C1NC2(CC2)C2(CC2)c2[nH]c3c(c21)CCc1c[nH]c(=O)cc1-3. The molecule has 0 bridgehead atoms. The molecule has 0 radical (unpaired) electrons. The predicted octanol–water partition coefficient (Wildman–Crippen LogP) is 1.78. The Hall–Kier alpha value is -2.30. The smallest absolute Gasteiger partial charge is 0.253 e. The van der Waals surface area contributed by atoms with E-state index in [2.05, 4.69) is 15.3 Å². The maximum absolute atomic E-state index is 12.8. The van der Waals surface area contributed by atoms with E-state index in [-0.39, 0.29) is 22.4 Å². The van der Waals surface area contributed by atoms with E-state index in [0.29, 0.717) is 0 Å². The lowest BCUT2D eigenvalue weighted by Gasteiger charge is -2.33. The van der Waals surface area contributed by atoms with Crippen molar-refractivity contribution in [3.8, 4) is 11.3 Å². The molecule has 0 saturated heterocycles. The fourth-order valence-electron chi connectivity index (χ4n) is 5.05. The van der Waals surface area contributed by atoms with Crippen molar-refractivity contribution in [3.05, 3.63) is 45.0 Å². The molecular formula is C18H17N3O2. The first-order chi connectivity index (χ1) is 11.1. The van der Waals surface area contributed by atoms with Crippen LogP contribution < -0.4 is 10.9 Å². The van der Waals surface area contributed by atoms with Gasteiger partial charge >= 0.3 is 0 Å². The minimum absolute atomic E-state index is 0.0154. The summed E-state index contributed by atoms with van der Waals surface area (Å²) in [5.41, 5.74) is 6.32. The van der Waals surface area contributed by atoms with Gasteiger partial charge in [0, 0.05) is 28.9 Å². The Morgan fingerprint density at radius 1 is 1.04 bits per heavy atom. The number of amides is 1. The normalized spacial score (nSPS) is 23.9. The van der Waals surface area contributed by atoms with E-state index in [9.17, 15) is 9.59 Å². The van der Waals surface area contributed by atoms with Crippen LogP contribution in [0.5, 0.6) is 0 Å². The number of aromatic nitrogens is 2. The zero-order chi connectivity index (χ0) is 15.4. The number of aromatic amines is 2. The van der Waals surface area contributed by atoms with Gasteiger partial charge in [0.2, 0.25) is 5.56 Å². The number of hydrogen-bond acceptors (Lipinski definition) is 2. The van der Waals surface area contributed by atoms with Gasteiger partial charge in [0.25, 0.3) is 5.91 Å². The van der Waals surface area contributed by atoms with Crippen LogP contribution in [0.15, 0.2) is 17.1 Å². The fourth-order valence-corrected chi connectivity index (χ4v) is 5.05. The summed E-state index contributed by atoms with van der Waals surface area (Å²) in [5, 5.41) is 3.32. The third-order valence-electron chi connectivity index (χ3n) is 6.50. The quantitative estimate of drug-likeness (QED) is 0.694. The number of fused-ring (bicyclic) bond motifs is 7. The molecule has 5 heteroatoms. The number of rotatable bonds is 0. The molecule has 23 heavy (non-hydrogen) atoms. The summed E-state index contributed by atoms with van der Waals surface area (Å²) < 4.78 is 0. The Bertz CT molecular complexity index is 957. The molecule has 1 amide bonds. The molecule has 3 aliphatic carbocycles. The van der Waals surface area contributed by atoms with Crippen molar-refractivity contribution in [2.45, 2.75) is 49.5 Å². The van der Waals surface area contributed by atoms with Crippen molar-refractivity contribution < 1.29 is 4.79 Å². The van der Waals surface area contributed by atoms with Crippen LogP contribution >= 0.6 is 0 Å². The van der Waals surface area contributed by atoms with Gasteiger partial charge in [0.05, 0.1) is 16.8 Å². The second-order valence-corrected chi connectivity index (χ2v) is 7.58. The summed E-state index contributed by atoms with van der Waals surface area (Å²) >= 11 is 0. The number of hydrogen-bond donors (Lipinski definition) is 3. The minimum Gasteiger partial charge on any atom is -0.357 e. The molecule has 0 aromatic carbocycles. The molecule has 3 N–H and O–H groups in total. The average molecular weight is 307 g/mol. The highest BCUT2D eigenvalue weighted by atomic mass is 16.2. The summed E-state index contributed by atoms with van der Waals surface area (Å²) in [6.07, 6.45) is 8.04. The van der Waals surface area contributed by atoms with Crippen LogP contribution in [0.1, 0.15) is 52.9 Å². The molecule has 2 aromatic heterocycles. The number of carbonyl (C=O) groups is 1. The van der Waals surface area contributed by atoms with Crippen molar-refractivity contribution in [1.82, 2.24) is 15.3 Å². The van der Waals surface area contributed by atoms with Gasteiger partial charge in [-0.1, -0.05) is 0 Å². The van der Waals surface area contributed by atoms with Gasteiger partial charge < -0.3 is 15.3 Å². The topological polar surface area (TPSA) is 77.8 Å². The van der Waals surface area contributed by atoms with Crippen LogP contribution in [0.4, 0.5) is 0 Å². The van der Waals surface area contributed by atoms with Crippen LogP contribution in [-0.4, -0.2) is 21.4 Å². The van der Waals surface area contributed by atoms with Gasteiger partial charge in [0.1, 0.15) is 0 Å². The maximum atomic E-state index is 12.8. The lowest BCUT2D eigenvalue weighted by Crippen LogP contribution is -2.51. The van der Waals surface area contributed by atoms with Crippen molar-refractivity contribution in [2.75, 3.05) is 0 Å².